The fraction of sp³-hybridized carbons (Fsp3) is 0.378. The molecule has 3 aromatic rings. The van der Waals surface area contributed by atoms with Crippen LogP contribution in [0.2, 0.25) is 23.2 Å². The number of aryl methyl sites for hydroxylation is 1. The van der Waals surface area contributed by atoms with Crippen LogP contribution < -0.4 is 0 Å². The number of allylic oxidation sites excluding steroid dienone is 1. The van der Waals surface area contributed by atoms with Crippen LogP contribution in [0.25, 0.3) is 11.1 Å². The number of hydrogen-bond donors (Lipinski definition) is 0. The first kappa shape index (κ1) is 34.4. The number of nitrogens with zero attached hydrogens (tertiary/aromatic N) is 1. The third-order valence-electron chi connectivity index (χ3n) is 9.00. The largest absolute Gasteiger partial charge is 0.465 e. The fourth-order valence-corrected chi connectivity index (χ4v) is 6.34. The summed E-state index contributed by atoms with van der Waals surface area (Å²) in [5.41, 5.74) is 5.10. The highest BCUT2D eigenvalue weighted by Gasteiger charge is 2.37. The number of ketones is 1. The van der Waals surface area contributed by atoms with Crippen LogP contribution >= 0.6 is 11.6 Å². The molecule has 45 heavy (non-hydrogen) atoms. The first-order valence-corrected chi connectivity index (χ1v) is 18.8. The molecular formula is C37H44ClNO5Si. The van der Waals surface area contributed by atoms with Crippen molar-refractivity contribution in [3.05, 3.63) is 106 Å². The van der Waals surface area contributed by atoms with E-state index < -0.39 is 8.32 Å². The van der Waals surface area contributed by atoms with Crippen LogP contribution in [0.5, 0.6) is 0 Å². The summed E-state index contributed by atoms with van der Waals surface area (Å²) in [6.07, 6.45) is 6.20. The number of amides is 1. The van der Waals surface area contributed by atoms with Gasteiger partial charge in [-0.15, -0.1) is 0 Å². The SMILES string of the molecule is COC(=O)c1ccc(CCCN2C(=O)CC[C@@H]2/C=C/C(=O)c2cccc(-c3ccc(Cl)cc3CO[Si](C)(C)C(C)(C)C)c2)cc1. The predicted octanol–water partition coefficient (Wildman–Crippen LogP) is 8.68. The summed E-state index contributed by atoms with van der Waals surface area (Å²) in [5.74, 6) is -0.355. The summed E-state index contributed by atoms with van der Waals surface area (Å²) in [4.78, 5) is 39.5. The topological polar surface area (TPSA) is 72.9 Å². The second-order valence-electron chi connectivity index (χ2n) is 13.1. The molecule has 0 unspecified atom stereocenters. The zero-order valence-electron chi connectivity index (χ0n) is 27.2. The molecule has 0 aromatic heterocycles. The molecule has 1 aliphatic heterocycles. The highest BCUT2D eigenvalue weighted by atomic mass is 35.5. The zero-order chi connectivity index (χ0) is 32.8. The van der Waals surface area contributed by atoms with Gasteiger partial charge in [0.2, 0.25) is 5.91 Å². The Balaban J connectivity index is 1.41. The lowest BCUT2D eigenvalue weighted by atomic mass is 9.97. The average molecular weight is 646 g/mol. The van der Waals surface area contributed by atoms with Crippen molar-refractivity contribution < 1.29 is 23.5 Å². The van der Waals surface area contributed by atoms with Crippen molar-refractivity contribution in [3.8, 4) is 11.1 Å². The van der Waals surface area contributed by atoms with Gasteiger partial charge in [0.1, 0.15) is 0 Å². The molecule has 8 heteroatoms. The van der Waals surface area contributed by atoms with Crippen molar-refractivity contribution >= 4 is 37.6 Å². The van der Waals surface area contributed by atoms with Crippen LogP contribution in [0.4, 0.5) is 0 Å². The fourth-order valence-electron chi connectivity index (χ4n) is 5.20. The number of carbonyl (C=O) groups is 3. The third-order valence-corrected chi connectivity index (χ3v) is 13.7. The molecule has 1 aliphatic rings. The minimum atomic E-state index is -1.98. The molecule has 0 N–H and O–H groups in total. The molecule has 1 fully saturated rings. The summed E-state index contributed by atoms with van der Waals surface area (Å²) in [5, 5.41) is 0.734. The van der Waals surface area contributed by atoms with Gasteiger partial charge in [-0.25, -0.2) is 4.79 Å². The van der Waals surface area contributed by atoms with Gasteiger partial charge in [-0.2, -0.15) is 0 Å². The summed E-state index contributed by atoms with van der Waals surface area (Å²) in [6, 6.07) is 20.7. The van der Waals surface area contributed by atoms with E-state index in [1.54, 1.807) is 18.2 Å². The standard InChI is InChI=1S/C37H44ClNO5Si/c1-37(2,3)45(5,6)44-25-30-24-31(38)16-19-33(30)28-10-7-11-29(23-28)34(40)20-17-32-18-21-35(41)39(32)22-8-9-26-12-14-27(15-13-26)36(42)43-4/h7,10-17,19-20,23-24,32H,8-9,18,21-22,25H2,1-6H3/b20-17+/t32-/m0/s1. The lowest BCUT2D eigenvalue weighted by molar-refractivity contribution is -0.128. The predicted molar refractivity (Wildman–Crippen MR) is 183 cm³/mol. The zero-order valence-corrected chi connectivity index (χ0v) is 28.9. The Kier molecular flexibility index (Phi) is 11.2. The number of carbonyl (C=O) groups excluding carboxylic acids is 3. The van der Waals surface area contributed by atoms with E-state index in [1.807, 2.05) is 65.6 Å². The molecule has 4 rings (SSSR count). The van der Waals surface area contributed by atoms with Crippen molar-refractivity contribution in [2.75, 3.05) is 13.7 Å². The van der Waals surface area contributed by atoms with E-state index >= 15 is 0 Å². The summed E-state index contributed by atoms with van der Waals surface area (Å²) < 4.78 is 11.3. The molecule has 0 saturated carbocycles. The van der Waals surface area contributed by atoms with E-state index in [-0.39, 0.29) is 28.7 Å². The number of likely N-dealkylation sites (tertiary alicyclic amines) is 1. The second-order valence-corrected chi connectivity index (χ2v) is 18.4. The van der Waals surface area contributed by atoms with Crippen molar-refractivity contribution in [3.63, 3.8) is 0 Å². The molecule has 0 spiro atoms. The van der Waals surface area contributed by atoms with Gasteiger partial charge in [0.05, 0.1) is 25.3 Å². The molecule has 0 bridgehead atoms. The van der Waals surface area contributed by atoms with Gasteiger partial charge >= 0.3 is 5.97 Å². The first-order valence-electron chi connectivity index (χ1n) is 15.5. The van der Waals surface area contributed by atoms with Crippen molar-refractivity contribution in [1.29, 1.82) is 0 Å². The Hall–Kier alpha value is -3.52. The molecule has 1 heterocycles. The Morgan fingerprint density at radius 1 is 1.02 bits per heavy atom. The molecule has 6 nitrogen and oxygen atoms in total. The van der Waals surface area contributed by atoms with E-state index in [0.717, 1.165) is 35.1 Å². The van der Waals surface area contributed by atoms with Crippen LogP contribution in [0, 0.1) is 0 Å². The van der Waals surface area contributed by atoms with Crippen LogP contribution in [0.3, 0.4) is 0 Å². The second kappa shape index (κ2) is 14.7. The van der Waals surface area contributed by atoms with Gasteiger partial charge in [0.15, 0.2) is 14.1 Å². The molecule has 3 aromatic carbocycles. The number of halogens is 1. The Bertz CT molecular complexity index is 1560. The monoisotopic (exact) mass is 645 g/mol. The van der Waals surface area contributed by atoms with Crippen molar-refractivity contribution in [2.45, 2.75) is 77.2 Å². The lowest BCUT2D eigenvalue weighted by Crippen LogP contribution is -2.40. The molecular weight excluding hydrogens is 602 g/mol. The number of methoxy groups -OCH3 is 1. The maximum Gasteiger partial charge on any atom is 0.337 e. The van der Waals surface area contributed by atoms with Gasteiger partial charge < -0.3 is 14.1 Å². The van der Waals surface area contributed by atoms with Crippen LogP contribution in [-0.2, 0) is 27.0 Å². The van der Waals surface area contributed by atoms with Gasteiger partial charge in [-0.1, -0.05) is 74.8 Å². The molecule has 1 atom stereocenters. The van der Waals surface area contributed by atoms with Crippen LogP contribution in [0.1, 0.15) is 71.9 Å². The van der Waals surface area contributed by atoms with E-state index in [1.165, 1.54) is 7.11 Å². The van der Waals surface area contributed by atoms with E-state index in [2.05, 4.69) is 33.9 Å². The Morgan fingerprint density at radius 2 is 1.76 bits per heavy atom. The van der Waals surface area contributed by atoms with E-state index in [9.17, 15) is 14.4 Å². The Morgan fingerprint density at radius 3 is 2.44 bits per heavy atom. The minimum absolute atomic E-state index is 0.0865. The number of hydrogen-bond acceptors (Lipinski definition) is 5. The van der Waals surface area contributed by atoms with Gasteiger partial charge in [-0.3, -0.25) is 9.59 Å². The maximum absolute atomic E-state index is 13.3. The Labute approximate surface area is 273 Å². The number of esters is 1. The molecule has 0 radical (unpaired) electrons. The number of ether oxygens (including phenoxy) is 1. The highest BCUT2D eigenvalue weighted by molar-refractivity contribution is 6.74. The van der Waals surface area contributed by atoms with E-state index in [0.29, 0.717) is 42.1 Å². The van der Waals surface area contributed by atoms with E-state index in [4.69, 9.17) is 20.8 Å². The smallest absolute Gasteiger partial charge is 0.337 e. The minimum Gasteiger partial charge on any atom is -0.465 e. The molecule has 1 saturated heterocycles. The molecule has 1 amide bonds. The van der Waals surface area contributed by atoms with Crippen molar-refractivity contribution in [1.82, 2.24) is 4.90 Å². The lowest BCUT2D eigenvalue weighted by Gasteiger charge is -2.36. The normalized spacial score (nSPS) is 15.6. The van der Waals surface area contributed by atoms with Gasteiger partial charge in [-0.05, 0) is 96.1 Å². The molecule has 238 valence electrons. The van der Waals surface area contributed by atoms with Crippen LogP contribution in [0.15, 0.2) is 78.9 Å². The van der Waals surface area contributed by atoms with Gasteiger partial charge in [0, 0.05) is 23.6 Å². The number of rotatable bonds is 12. The molecule has 0 aliphatic carbocycles. The first-order chi connectivity index (χ1) is 21.3. The summed E-state index contributed by atoms with van der Waals surface area (Å²) in [7, 11) is -0.611. The number of benzene rings is 3. The quantitative estimate of drug-likeness (QED) is 0.0853. The van der Waals surface area contributed by atoms with Crippen molar-refractivity contribution in [2.24, 2.45) is 0 Å². The summed E-state index contributed by atoms with van der Waals surface area (Å²) >= 11 is 6.38. The van der Waals surface area contributed by atoms with Crippen LogP contribution in [-0.4, -0.2) is 50.6 Å². The summed E-state index contributed by atoms with van der Waals surface area (Å²) in [6.45, 7) is 12.2. The average Bonchev–Trinajstić information content (AvgIpc) is 3.37. The van der Waals surface area contributed by atoms with Gasteiger partial charge in [0.25, 0.3) is 0 Å². The third kappa shape index (κ3) is 8.81. The maximum atomic E-state index is 13.3. The highest BCUT2D eigenvalue weighted by Crippen LogP contribution is 2.38.